The standard InChI is InChI=1S/C20H19N3O4S/c1-10-4-6-16(27-10)20-22-12(3)18(28-20)19(25)21-11(2)13-5-7-15-14(8-13)23-17(24)9-26-15/h4-8,11H,9H2,1-3H3,(H,21,25)(H,23,24). The minimum absolute atomic E-state index is 0.0147. The van der Waals surface area contributed by atoms with Crippen molar-refractivity contribution in [3.05, 3.63) is 52.2 Å². The van der Waals surface area contributed by atoms with Gasteiger partial charge in [0.1, 0.15) is 16.4 Å². The summed E-state index contributed by atoms with van der Waals surface area (Å²) in [4.78, 5) is 29.3. The lowest BCUT2D eigenvalue weighted by Crippen LogP contribution is -2.28. The molecule has 0 spiro atoms. The summed E-state index contributed by atoms with van der Waals surface area (Å²) in [7, 11) is 0. The molecule has 0 bridgehead atoms. The second-order valence-corrected chi connectivity index (χ2v) is 7.63. The van der Waals surface area contributed by atoms with Crippen LogP contribution in [0.5, 0.6) is 5.75 Å². The van der Waals surface area contributed by atoms with Crippen LogP contribution in [0.3, 0.4) is 0 Å². The molecule has 0 saturated heterocycles. The first-order valence-corrected chi connectivity index (χ1v) is 9.64. The first kappa shape index (κ1) is 18.2. The van der Waals surface area contributed by atoms with Crippen molar-refractivity contribution < 1.29 is 18.7 Å². The predicted molar refractivity (Wildman–Crippen MR) is 106 cm³/mol. The van der Waals surface area contributed by atoms with E-state index < -0.39 is 0 Å². The molecule has 2 amide bonds. The molecule has 1 aromatic carbocycles. The van der Waals surface area contributed by atoms with Crippen molar-refractivity contribution in [1.82, 2.24) is 10.3 Å². The predicted octanol–water partition coefficient (Wildman–Crippen LogP) is 3.84. The number of benzene rings is 1. The van der Waals surface area contributed by atoms with E-state index in [-0.39, 0.29) is 24.5 Å². The highest BCUT2D eigenvalue weighted by Crippen LogP contribution is 2.32. The number of hydrogen-bond donors (Lipinski definition) is 2. The molecule has 144 valence electrons. The van der Waals surface area contributed by atoms with Crippen LogP contribution in [0.1, 0.15) is 39.7 Å². The Balaban J connectivity index is 1.51. The number of amides is 2. The van der Waals surface area contributed by atoms with E-state index in [0.717, 1.165) is 11.3 Å². The Morgan fingerprint density at radius 2 is 2.11 bits per heavy atom. The molecule has 0 saturated carbocycles. The highest BCUT2D eigenvalue weighted by atomic mass is 32.1. The molecule has 1 atom stereocenters. The Labute approximate surface area is 165 Å². The number of hydrogen-bond acceptors (Lipinski definition) is 6. The zero-order valence-corrected chi connectivity index (χ0v) is 16.5. The van der Waals surface area contributed by atoms with E-state index in [1.54, 1.807) is 13.0 Å². The molecule has 2 N–H and O–H groups in total. The van der Waals surface area contributed by atoms with Crippen molar-refractivity contribution in [2.24, 2.45) is 0 Å². The number of nitrogens with zero attached hydrogens (tertiary/aromatic N) is 1. The molecule has 2 aromatic heterocycles. The zero-order valence-electron chi connectivity index (χ0n) is 15.7. The molecule has 7 nitrogen and oxygen atoms in total. The van der Waals surface area contributed by atoms with Gasteiger partial charge in [0.05, 0.1) is 17.4 Å². The Hall–Kier alpha value is -3.13. The molecule has 0 fully saturated rings. The van der Waals surface area contributed by atoms with E-state index in [0.29, 0.717) is 32.8 Å². The van der Waals surface area contributed by atoms with Gasteiger partial charge in [-0.1, -0.05) is 6.07 Å². The lowest BCUT2D eigenvalue weighted by Gasteiger charge is -2.20. The molecule has 1 aliphatic heterocycles. The maximum Gasteiger partial charge on any atom is 0.263 e. The normalized spacial score (nSPS) is 14.0. The molecule has 8 heteroatoms. The third-order valence-electron chi connectivity index (χ3n) is 4.44. The van der Waals surface area contributed by atoms with Crippen LogP contribution in [0.4, 0.5) is 5.69 Å². The van der Waals surface area contributed by atoms with Gasteiger partial charge in [0.15, 0.2) is 17.4 Å². The molecule has 4 rings (SSSR count). The summed E-state index contributed by atoms with van der Waals surface area (Å²) >= 11 is 1.30. The summed E-state index contributed by atoms with van der Waals surface area (Å²) in [6.07, 6.45) is 0. The van der Waals surface area contributed by atoms with Gasteiger partial charge in [-0.15, -0.1) is 11.3 Å². The van der Waals surface area contributed by atoms with Gasteiger partial charge in [0, 0.05) is 0 Å². The van der Waals surface area contributed by atoms with Gasteiger partial charge < -0.3 is 19.8 Å². The fraction of sp³-hybridized carbons (Fsp3) is 0.250. The third kappa shape index (κ3) is 3.50. The van der Waals surface area contributed by atoms with Crippen molar-refractivity contribution in [2.75, 3.05) is 11.9 Å². The molecule has 28 heavy (non-hydrogen) atoms. The minimum Gasteiger partial charge on any atom is -0.482 e. The monoisotopic (exact) mass is 397 g/mol. The van der Waals surface area contributed by atoms with Crippen LogP contribution in [0.2, 0.25) is 0 Å². The number of nitrogens with one attached hydrogen (secondary N) is 2. The Morgan fingerprint density at radius 1 is 1.29 bits per heavy atom. The summed E-state index contributed by atoms with van der Waals surface area (Å²) in [5, 5.41) is 6.44. The van der Waals surface area contributed by atoms with Crippen LogP contribution < -0.4 is 15.4 Å². The number of rotatable bonds is 4. The van der Waals surface area contributed by atoms with Crippen molar-refractivity contribution >= 4 is 28.8 Å². The number of carbonyl (C=O) groups excluding carboxylic acids is 2. The number of thiazole rings is 1. The van der Waals surface area contributed by atoms with Crippen LogP contribution in [-0.4, -0.2) is 23.4 Å². The maximum absolute atomic E-state index is 12.8. The summed E-state index contributed by atoms with van der Waals surface area (Å²) in [6, 6.07) is 8.94. The first-order chi connectivity index (χ1) is 13.4. The largest absolute Gasteiger partial charge is 0.482 e. The SMILES string of the molecule is Cc1ccc(-c2nc(C)c(C(=O)NC(C)c3ccc4c(c3)NC(=O)CO4)s2)o1. The van der Waals surface area contributed by atoms with Crippen molar-refractivity contribution in [1.29, 1.82) is 0 Å². The van der Waals surface area contributed by atoms with Gasteiger partial charge in [-0.05, 0) is 50.6 Å². The Bertz CT molecular complexity index is 1070. The molecular weight excluding hydrogens is 378 g/mol. The van der Waals surface area contributed by atoms with E-state index in [2.05, 4.69) is 15.6 Å². The van der Waals surface area contributed by atoms with Gasteiger partial charge in [-0.2, -0.15) is 0 Å². The van der Waals surface area contributed by atoms with Crippen molar-refractivity contribution in [2.45, 2.75) is 26.8 Å². The van der Waals surface area contributed by atoms with Crippen molar-refractivity contribution in [3.8, 4) is 16.5 Å². The molecule has 3 aromatic rings. The fourth-order valence-electron chi connectivity index (χ4n) is 2.98. The van der Waals surface area contributed by atoms with E-state index >= 15 is 0 Å². The molecular formula is C20H19N3O4S. The van der Waals surface area contributed by atoms with Crippen LogP contribution in [-0.2, 0) is 4.79 Å². The average Bonchev–Trinajstić information content (AvgIpc) is 3.26. The van der Waals surface area contributed by atoms with E-state index in [9.17, 15) is 9.59 Å². The van der Waals surface area contributed by atoms with E-state index in [1.807, 2.05) is 38.1 Å². The number of furan rings is 1. The van der Waals surface area contributed by atoms with Crippen LogP contribution in [0, 0.1) is 13.8 Å². The number of fused-ring (bicyclic) bond motifs is 1. The summed E-state index contributed by atoms with van der Waals surface area (Å²) in [5.41, 5.74) is 2.13. The number of aromatic nitrogens is 1. The number of anilines is 1. The van der Waals surface area contributed by atoms with Crippen LogP contribution >= 0.6 is 11.3 Å². The van der Waals surface area contributed by atoms with Gasteiger partial charge >= 0.3 is 0 Å². The highest BCUT2D eigenvalue weighted by Gasteiger charge is 2.21. The molecule has 0 aliphatic carbocycles. The minimum atomic E-state index is -0.257. The van der Waals surface area contributed by atoms with E-state index in [4.69, 9.17) is 9.15 Å². The quantitative estimate of drug-likeness (QED) is 0.698. The topological polar surface area (TPSA) is 93.5 Å². The van der Waals surface area contributed by atoms with Crippen molar-refractivity contribution in [3.63, 3.8) is 0 Å². The Morgan fingerprint density at radius 3 is 2.86 bits per heavy atom. The van der Waals surface area contributed by atoms with Gasteiger partial charge in [0.25, 0.3) is 11.8 Å². The number of ether oxygens (including phenoxy) is 1. The smallest absolute Gasteiger partial charge is 0.263 e. The van der Waals surface area contributed by atoms with Gasteiger partial charge in [0.2, 0.25) is 0 Å². The molecule has 1 aliphatic rings. The summed E-state index contributed by atoms with van der Waals surface area (Å²) in [5.74, 6) is 1.69. The highest BCUT2D eigenvalue weighted by molar-refractivity contribution is 7.17. The summed E-state index contributed by atoms with van der Waals surface area (Å²) < 4.78 is 11.0. The van der Waals surface area contributed by atoms with Crippen LogP contribution in [0.15, 0.2) is 34.7 Å². The second kappa shape index (κ2) is 7.12. The Kier molecular flexibility index (Phi) is 4.64. The molecule has 3 heterocycles. The zero-order chi connectivity index (χ0) is 19.8. The average molecular weight is 397 g/mol. The second-order valence-electron chi connectivity index (χ2n) is 6.63. The number of carbonyl (C=O) groups is 2. The summed E-state index contributed by atoms with van der Waals surface area (Å²) in [6.45, 7) is 5.57. The van der Waals surface area contributed by atoms with Gasteiger partial charge in [-0.3, -0.25) is 9.59 Å². The lowest BCUT2D eigenvalue weighted by atomic mass is 10.1. The fourth-order valence-corrected chi connectivity index (χ4v) is 3.91. The number of aryl methyl sites for hydroxylation is 2. The maximum atomic E-state index is 12.8. The van der Waals surface area contributed by atoms with Crippen LogP contribution in [0.25, 0.3) is 10.8 Å². The van der Waals surface area contributed by atoms with E-state index in [1.165, 1.54) is 11.3 Å². The third-order valence-corrected chi connectivity index (χ3v) is 5.61. The lowest BCUT2D eigenvalue weighted by molar-refractivity contribution is -0.118. The molecule has 0 radical (unpaired) electrons. The first-order valence-electron chi connectivity index (χ1n) is 8.82. The van der Waals surface area contributed by atoms with Gasteiger partial charge in [-0.25, -0.2) is 4.98 Å². The molecule has 1 unspecified atom stereocenters.